The summed E-state index contributed by atoms with van der Waals surface area (Å²) < 4.78 is 5.49. The van der Waals surface area contributed by atoms with Gasteiger partial charge < -0.3 is 4.74 Å². The van der Waals surface area contributed by atoms with Gasteiger partial charge in [-0.05, 0) is 49.0 Å². The van der Waals surface area contributed by atoms with Gasteiger partial charge in [-0.1, -0.05) is 31.2 Å². The van der Waals surface area contributed by atoms with Gasteiger partial charge in [-0.15, -0.1) is 0 Å². The molecule has 0 aliphatic heterocycles. The molecule has 2 rings (SSSR count). The molecule has 0 saturated heterocycles. The molecule has 0 radical (unpaired) electrons. The fourth-order valence-corrected chi connectivity index (χ4v) is 2.07. The van der Waals surface area contributed by atoms with Crippen molar-refractivity contribution in [1.29, 1.82) is 0 Å². The summed E-state index contributed by atoms with van der Waals surface area (Å²) in [6, 6.07) is 15.5. The molecule has 0 heterocycles. The van der Waals surface area contributed by atoms with Crippen LogP contribution in [0.4, 0.5) is 0 Å². The summed E-state index contributed by atoms with van der Waals surface area (Å²) in [5.41, 5.74) is 5.81. The lowest BCUT2D eigenvalue weighted by atomic mass is 10.2. The van der Waals surface area contributed by atoms with Crippen LogP contribution in [0.2, 0.25) is 0 Å². The third-order valence-electron chi connectivity index (χ3n) is 3.12. The Morgan fingerprint density at radius 2 is 1.68 bits per heavy atom. The molecule has 0 unspecified atom stereocenters. The molecule has 25 heavy (non-hydrogen) atoms. The van der Waals surface area contributed by atoms with Gasteiger partial charge in [0.15, 0.2) is 5.11 Å². The number of thiocarbonyl (C=S) groups is 1. The van der Waals surface area contributed by atoms with Crippen molar-refractivity contribution in [1.82, 2.24) is 16.2 Å². The number of benzene rings is 2. The Bertz CT molecular complexity index is 750. The van der Waals surface area contributed by atoms with Crippen LogP contribution in [0.25, 0.3) is 0 Å². The minimum Gasteiger partial charge on any atom is -0.494 e. The molecule has 7 heteroatoms. The molecule has 2 amide bonds. The second-order valence-corrected chi connectivity index (χ2v) is 5.51. The van der Waals surface area contributed by atoms with E-state index in [0.29, 0.717) is 23.5 Å². The van der Waals surface area contributed by atoms with E-state index in [1.54, 1.807) is 48.5 Å². The average Bonchev–Trinajstić information content (AvgIpc) is 2.65. The zero-order valence-electron chi connectivity index (χ0n) is 13.7. The molecule has 0 bridgehead atoms. The lowest BCUT2D eigenvalue weighted by Crippen LogP contribution is -2.48. The van der Waals surface area contributed by atoms with Crippen molar-refractivity contribution in [2.45, 2.75) is 13.3 Å². The Hall–Kier alpha value is -2.93. The van der Waals surface area contributed by atoms with Crippen LogP contribution in [0.3, 0.4) is 0 Å². The van der Waals surface area contributed by atoms with Crippen LogP contribution >= 0.6 is 12.2 Å². The van der Waals surface area contributed by atoms with Crippen LogP contribution in [-0.2, 0) is 0 Å². The van der Waals surface area contributed by atoms with Crippen LogP contribution in [0.1, 0.15) is 34.1 Å². The molecule has 0 aliphatic carbocycles. The maximum atomic E-state index is 12.2. The van der Waals surface area contributed by atoms with Crippen molar-refractivity contribution in [2.24, 2.45) is 0 Å². The topological polar surface area (TPSA) is 79.5 Å². The lowest BCUT2D eigenvalue weighted by Gasteiger charge is -2.11. The van der Waals surface area contributed by atoms with Crippen molar-refractivity contribution < 1.29 is 14.3 Å². The molecule has 0 atom stereocenters. The van der Waals surface area contributed by atoms with E-state index in [1.807, 2.05) is 13.0 Å². The second kappa shape index (κ2) is 9.39. The fourth-order valence-electron chi connectivity index (χ4n) is 1.93. The van der Waals surface area contributed by atoms with Crippen LogP contribution in [0.5, 0.6) is 5.75 Å². The van der Waals surface area contributed by atoms with E-state index < -0.39 is 5.91 Å². The van der Waals surface area contributed by atoms with Gasteiger partial charge in [0.05, 0.1) is 6.61 Å². The minimum absolute atomic E-state index is 0.00541. The quantitative estimate of drug-likeness (QED) is 0.566. The zero-order valence-corrected chi connectivity index (χ0v) is 14.6. The number of hydrogen-bond donors (Lipinski definition) is 3. The smallest absolute Gasteiger partial charge is 0.269 e. The number of carbonyl (C=O) groups excluding carboxylic acids is 2. The summed E-state index contributed by atoms with van der Waals surface area (Å²) >= 11 is 5.01. The van der Waals surface area contributed by atoms with Gasteiger partial charge in [0.2, 0.25) is 0 Å². The van der Waals surface area contributed by atoms with Gasteiger partial charge in [-0.2, -0.15) is 0 Å². The highest BCUT2D eigenvalue weighted by Gasteiger charge is 2.10. The van der Waals surface area contributed by atoms with Crippen molar-refractivity contribution in [3.05, 3.63) is 65.7 Å². The molecule has 3 N–H and O–H groups in total. The van der Waals surface area contributed by atoms with Gasteiger partial charge in [0.25, 0.3) is 11.8 Å². The number of hydrogen-bond acceptors (Lipinski definition) is 4. The molecule has 0 fully saturated rings. The van der Waals surface area contributed by atoms with Crippen molar-refractivity contribution >= 4 is 29.1 Å². The SMILES string of the molecule is CCCOc1cccc(C(=O)NC(=S)NNC(=O)c2ccccc2)c1. The lowest BCUT2D eigenvalue weighted by molar-refractivity contribution is 0.0934. The highest BCUT2D eigenvalue weighted by Crippen LogP contribution is 2.13. The van der Waals surface area contributed by atoms with E-state index in [1.165, 1.54) is 0 Å². The van der Waals surface area contributed by atoms with E-state index in [2.05, 4.69) is 16.2 Å². The summed E-state index contributed by atoms with van der Waals surface area (Å²) in [7, 11) is 0. The van der Waals surface area contributed by atoms with Crippen LogP contribution in [0, 0.1) is 0 Å². The van der Waals surface area contributed by atoms with Crippen LogP contribution in [-0.4, -0.2) is 23.5 Å². The standard InChI is InChI=1S/C18H19N3O3S/c1-2-11-24-15-10-6-9-14(12-15)16(22)19-18(25)21-20-17(23)13-7-4-3-5-8-13/h3-10,12H,2,11H2,1H3,(H,20,23)(H2,19,21,22,25). The van der Waals surface area contributed by atoms with E-state index >= 15 is 0 Å². The molecule has 2 aromatic rings. The predicted octanol–water partition coefficient (Wildman–Crippen LogP) is 2.42. The number of nitrogens with one attached hydrogen (secondary N) is 3. The number of amides is 2. The van der Waals surface area contributed by atoms with Crippen molar-refractivity contribution in [3.8, 4) is 5.75 Å². The average molecular weight is 357 g/mol. The second-order valence-electron chi connectivity index (χ2n) is 5.10. The molecular weight excluding hydrogens is 338 g/mol. The monoisotopic (exact) mass is 357 g/mol. The molecule has 0 aliphatic rings. The summed E-state index contributed by atoms with van der Waals surface area (Å²) in [5.74, 6) is -0.133. The van der Waals surface area contributed by atoms with Gasteiger partial charge in [0.1, 0.15) is 5.75 Å². The van der Waals surface area contributed by atoms with E-state index in [-0.39, 0.29) is 11.0 Å². The van der Waals surface area contributed by atoms with E-state index in [0.717, 1.165) is 6.42 Å². The third-order valence-corrected chi connectivity index (χ3v) is 3.33. The molecule has 0 saturated carbocycles. The van der Waals surface area contributed by atoms with E-state index in [9.17, 15) is 9.59 Å². The first-order valence-corrected chi connectivity index (χ1v) is 8.20. The molecule has 2 aromatic carbocycles. The fraction of sp³-hybridized carbons (Fsp3) is 0.167. The molecule has 0 spiro atoms. The van der Waals surface area contributed by atoms with Gasteiger partial charge in [-0.25, -0.2) is 0 Å². The summed E-state index contributed by atoms with van der Waals surface area (Å²) in [4.78, 5) is 24.1. The van der Waals surface area contributed by atoms with Gasteiger partial charge in [0, 0.05) is 11.1 Å². The first-order chi connectivity index (χ1) is 12.1. The predicted molar refractivity (Wildman–Crippen MR) is 99.3 cm³/mol. The first kappa shape index (κ1) is 18.4. The summed E-state index contributed by atoms with van der Waals surface area (Å²) in [6.45, 7) is 2.58. The Balaban J connectivity index is 1.85. The molecular formula is C18H19N3O3S. The summed E-state index contributed by atoms with van der Waals surface area (Å²) in [5, 5.41) is 2.49. The molecule has 0 aromatic heterocycles. The number of rotatable bonds is 5. The summed E-state index contributed by atoms with van der Waals surface area (Å²) in [6.07, 6.45) is 0.880. The maximum Gasteiger partial charge on any atom is 0.269 e. The molecule has 6 nitrogen and oxygen atoms in total. The van der Waals surface area contributed by atoms with E-state index in [4.69, 9.17) is 17.0 Å². The van der Waals surface area contributed by atoms with Crippen LogP contribution < -0.4 is 20.9 Å². The minimum atomic E-state index is -0.395. The highest BCUT2D eigenvalue weighted by atomic mass is 32.1. The Labute approximate surface area is 151 Å². The molecule has 130 valence electrons. The maximum absolute atomic E-state index is 12.2. The number of ether oxygens (including phenoxy) is 1. The number of carbonyl (C=O) groups is 2. The highest BCUT2D eigenvalue weighted by molar-refractivity contribution is 7.80. The van der Waals surface area contributed by atoms with Crippen molar-refractivity contribution in [2.75, 3.05) is 6.61 Å². The van der Waals surface area contributed by atoms with Crippen LogP contribution in [0.15, 0.2) is 54.6 Å². The van der Waals surface area contributed by atoms with Gasteiger partial charge >= 0.3 is 0 Å². The van der Waals surface area contributed by atoms with Gasteiger partial charge in [-0.3, -0.25) is 25.8 Å². The Kier molecular flexibility index (Phi) is 6.91. The Morgan fingerprint density at radius 1 is 0.960 bits per heavy atom. The normalized spacial score (nSPS) is 9.80. The zero-order chi connectivity index (χ0) is 18.1. The first-order valence-electron chi connectivity index (χ1n) is 7.79. The Morgan fingerprint density at radius 3 is 2.40 bits per heavy atom. The third kappa shape index (κ3) is 5.89. The number of hydrazine groups is 1. The largest absolute Gasteiger partial charge is 0.494 e. The van der Waals surface area contributed by atoms with Crippen molar-refractivity contribution in [3.63, 3.8) is 0 Å².